The first-order valence-corrected chi connectivity index (χ1v) is 10.4. The number of halogens is 7. The van der Waals surface area contributed by atoms with Gasteiger partial charge in [0.1, 0.15) is 40.1 Å². The van der Waals surface area contributed by atoms with Crippen LogP contribution in [0, 0.1) is 11.6 Å². The molecule has 0 spiro atoms. The van der Waals surface area contributed by atoms with E-state index in [0.717, 1.165) is 19.1 Å². The molecule has 0 aliphatic rings. The Morgan fingerprint density at radius 1 is 1.09 bits per heavy atom. The molecule has 190 valence electrons. The topological polar surface area (TPSA) is 84.8 Å². The average Bonchev–Trinajstić information content (AvgIpc) is 2.77. The Kier molecular flexibility index (Phi) is 9.92. The summed E-state index contributed by atoms with van der Waals surface area (Å²) >= 11 is 6.23. The summed E-state index contributed by atoms with van der Waals surface area (Å²) in [5, 5.41) is 4.57. The maximum absolute atomic E-state index is 15.0. The van der Waals surface area contributed by atoms with Crippen LogP contribution in [-0.2, 0) is 0 Å². The molecule has 0 saturated heterocycles. The predicted molar refractivity (Wildman–Crippen MR) is 124 cm³/mol. The van der Waals surface area contributed by atoms with Gasteiger partial charge in [-0.25, -0.2) is 23.7 Å². The molecule has 7 nitrogen and oxygen atoms in total. The van der Waals surface area contributed by atoms with Gasteiger partial charge in [-0.1, -0.05) is 11.6 Å². The summed E-state index contributed by atoms with van der Waals surface area (Å²) in [6.45, 7) is 1.67. The van der Waals surface area contributed by atoms with Crippen LogP contribution >= 0.6 is 24.0 Å². The number of nitrogens with zero attached hydrogens (tertiary/aromatic N) is 4. The molecule has 0 radical (unpaired) electrons. The number of ether oxygens (including phenoxy) is 1. The number of rotatable bonds is 9. The second kappa shape index (κ2) is 12.2. The summed E-state index contributed by atoms with van der Waals surface area (Å²) in [5.41, 5.74) is -1.07. The standard InChI is InChI=1S/C21H20ClF5N6O.ClH/c1-11(21(25,26)27)31-20-17(18(22)32-19(33-20)15-10-29-5-6-30-15)16-13(23)8-12(9-14(16)24)34-7-3-4-28-2;/h5-6,8-11,28H,3-4,7H2,1-2H3,(H,31,32,33);1H/t11-;/m0./s1. The van der Waals surface area contributed by atoms with Crippen molar-refractivity contribution in [1.29, 1.82) is 0 Å². The average molecular weight is 539 g/mol. The van der Waals surface area contributed by atoms with Crippen molar-refractivity contribution in [3.8, 4) is 28.4 Å². The third-order valence-corrected chi connectivity index (χ3v) is 4.88. The third-order valence-electron chi connectivity index (χ3n) is 4.61. The zero-order valence-corrected chi connectivity index (χ0v) is 20.0. The largest absolute Gasteiger partial charge is 0.493 e. The van der Waals surface area contributed by atoms with Crippen molar-refractivity contribution in [3.63, 3.8) is 0 Å². The van der Waals surface area contributed by atoms with E-state index in [4.69, 9.17) is 16.3 Å². The fraction of sp³-hybridized carbons (Fsp3) is 0.333. The molecule has 35 heavy (non-hydrogen) atoms. The highest BCUT2D eigenvalue weighted by Crippen LogP contribution is 2.39. The molecule has 1 aromatic carbocycles. The van der Waals surface area contributed by atoms with Crippen LogP contribution in [0.5, 0.6) is 5.75 Å². The van der Waals surface area contributed by atoms with Crippen molar-refractivity contribution in [2.75, 3.05) is 25.5 Å². The Morgan fingerprint density at radius 2 is 1.77 bits per heavy atom. The lowest BCUT2D eigenvalue weighted by Gasteiger charge is -2.21. The maximum atomic E-state index is 15.0. The summed E-state index contributed by atoms with van der Waals surface area (Å²) in [4.78, 5) is 15.8. The summed E-state index contributed by atoms with van der Waals surface area (Å²) in [6, 6.07) is -0.281. The van der Waals surface area contributed by atoms with Crippen molar-refractivity contribution in [2.45, 2.75) is 25.6 Å². The SMILES string of the molecule is CNCCCOc1cc(F)c(-c2c(Cl)nc(-c3cnccn3)nc2N[C@@H](C)C(F)(F)F)c(F)c1.Cl. The lowest BCUT2D eigenvalue weighted by molar-refractivity contribution is -0.138. The molecular formula is C21H21Cl2F5N6O. The number of aromatic nitrogens is 4. The monoisotopic (exact) mass is 538 g/mol. The Bertz CT molecular complexity index is 1110. The summed E-state index contributed by atoms with van der Waals surface area (Å²) in [5.74, 6) is -3.00. The minimum atomic E-state index is -4.68. The summed E-state index contributed by atoms with van der Waals surface area (Å²) < 4.78 is 75.1. The van der Waals surface area contributed by atoms with Crippen LogP contribution in [0.4, 0.5) is 27.8 Å². The lowest BCUT2D eigenvalue weighted by atomic mass is 10.1. The minimum Gasteiger partial charge on any atom is -0.493 e. The Balaban J connectivity index is 0.00000432. The van der Waals surface area contributed by atoms with Crippen molar-refractivity contribution in [2.24, 2.45) is 0 Å². The van der Waals surface area contributed by atoms with Gasteiger partial charge in [-0.05, 0) is 26.9 Å². The molecule has 14 heteroatoms. The van der Waals surface area contributed by atoms with Crippen LogP contribution in [0.25, 0.3) is 22.6 Å². The van der Waals surface area contributed by atoms with E-state index in [9.17, 15) is 13.2 Å². The molecule has 0 bridgehead atoms. The van der Waals surface area contributed by atoms with E-state index < -0.39 is 46.0 Å². The van der Waals surface area contributed by atoms with E-state index in [0.29, 0.717) is 13.0 Å². The van der Waals surface area contributed by atoms with Crippen molar-refractivity contribution >= 4 is 29.8 Å². The summed E-state index contributed by atoms with van der Waals surface area (Å²) in [6.07, 6.45) is -0.125. The third kappa shape index (κ3) is 7.09. The van der Waals surface area contributed by atoms with Gasteiger partial charge in [0, 0.05) is 24.5 Å². The second-order valence-electron chi connectivity index (χ2n) is 7.13. The van der Waals surface area contributed by atoms with Gasteiger partial charge < -0.3 is 15.4 Å². The van der Waals surface area contributed by atoms with Crippen LogP contribution in [0.3, 0.4) is 0 Å². The predicted octanol–water partition coefficient (Wildman–Crippen LogP) is 5.31. The Hall–Kier alpha value is -2.83. The fourth-order valence-corrected chi connectivity index (χ4v) is 3.15. The smallest absolute Gasteiger partial charge is 0.408 e. The Morgan fingerprint density at radius 3 is 2.34 bits per heavy atom. The van der Waals surface area contributed by atoms with Gasteiger partial charge in [-0.15, -0.1) is 12.4 Å². The van der Waals surface area contributed by atoms with Crippen molar-refractivity contribution in [1.82, 2.24) is 25.3 Å². The molecular weight excluding hydrogens is 518 g/mol. The minimum absolute atomic E-state index is 0. The van der Waals surface area contributed by atoms with Crippen LogP contribution in [0.2, 0.25) is 5.15 Å². The highest BCUT2D eigenvalue weighted by atomic mass is 35.5. The number of alkyl halides is 3. The van der Waals surface area contributed by atoms with Crippen molar-refractivity contribution in [3.05, 3.63) is 47.5 Å². The number of hydrogen-bond acceptors (Lipinski definition) is 7. The highest BCUT2D eigenvalue weighted by Gasteiger charge is 2.37. The molecule has 2 heterocycles. The molecule has 0 aliphatic heterocycles. The van der Waals surface area contributed by atoms with E-state index in [-0.39, 0.29) is 36.3 Å². The molecule has 3 aromatic rings. The van der Waals surface area contributed by atoms with Gasteiger partial charge in [-0.2, -0.15) is 13.2 Å². The first-order chi connectivity index (χ1) is 16.1. The first kappa shape index (κ1) is 28.4. The molecule has 0 saturated carbocycles. The van der Waals surface area contributed by atoms with Gasteiger partial charge in [0.05, 0.1) is 23.9 Å². The number of nitrogens with one attached hydrogen (secondary N) is 2. The molecule has 2 aromatic heterocycles. The molecule has 0 fully saturated rings. The van der Waals surface area contributed by atoms with E-state index in [1.165, 1.54) is 18.6 Å². The molecule has 1 atom stereocenters. The summed E-state index contributed by atoms with van der Waals surface area (Å²) in [7, 11) is 1.75. The molecule has 3 rings (SSSR count). The maximum Gasteiger partial charge on any atom is 0.408 e. The number of hydrogen-bond donors (Lipinski definition) is 2. The molecule has 2 N–H and O–H groups in total. The van der Waals surface area contributed by atoms with E-state index in [2.05, 4.69) is 30.6 Å². The molecule has 0 aliphatic carbocycles. The van der Waals surface area contributed by atoms with E-state index >= 15 is 8.78 Å². The molecule has 0 unspecified atom stereocenters. The van der Waals surface area contributed by atoms with Crippen LogP contribution in [0.15, 0.2) is 30.7 Å². The van der Waals surface area contributed by atoms with Crippen LogP contribution in [-0.4, -0.2) is 52.4 Å². The highest BCUT2D eigenvalue weighted by molar-refractivity contribution is 6.32. The van der Waals surface area contributed by atoms with Gasteiger partial charge in [0.15, 0.2) is 5.82 Å². The zero-order chi connectivity index (χ0) is 24.9. The quantitative estimate of drug-likeness (QED) is 0.217. The van der Waals surface area contributed by atoms with E-state index in [1.807, 2.05) is 0 Å². The van der Waals surface area contributed by atoms with Crippen molar-refractivity contribution < 1.29 is 26.7 Å². The van der Waals surface area contributed by atoms with Crippen LogP contribution < -0.4 is 15.4 Å². The van der Waals surface area contributed by atoms with Gasteiger partial charge in [-0.3, -0.25) is 4.98 Å². The van der Waals surface area contributed by atoms with Crippen LogP contribution in [0.1, 0.15) is 13.3 Å². The fourth-order valence-electron chi connectivity index (χ4n) is 2.89. The zero-order valence-electron chi connectivity index (χ0n) is 18.5. The lowest BCUT2D eigenvalue weighted by Crippen LogP contribution is -2.33. The normalized spacial score (nSPS) is 12.1. The number of benzene rings is 1. The Labute approximate surface area is 208 Å². The number of anilines is 1. The first-order valence-electron chi connectivity index (χ1n) is 10.1. The van der Waals surface area contributed by atoms with Gasteiger partial charge in [0.25, 0.3) is 0 Å². The van der Waals surface area contributed by atoms with Gasteiger partial charge >= 0.3 is 6.18 Å². The van der Waals surface area contributed by atoms with E-state index in [1.54, 1.807) is 7.05 Å². The molecule has 0 amide bonds. The van der Waals surface area contributed by atoms with Gasteiger partial charge in [0.2, 0.25) is 0 Å². The second-order valence-corrected chi connectivity index (χ2v) is 7.49.